The highest BCUT2D eigenvalue weighted by Crippen LogP contribution is 2.36. The Hall–Kier alpha value is -4.12. The van der Waals surface area contributed by atoms with Crippen LogP contribution in [0.15, 0.2) is 59.7 Å². The lowest BCUT2D eigenvalue weighted by Crippen LogP contribution is -2.33. The van der Waals surface area contributed by atoms with E-state index in [1.807, 2.05) is 57.1 Å². The number of carbonyl (C=O) groups excluding carboxylic acids is 1. The molecule has 1 amide bonds. The number of alkyl halides is 1. The predicted octanol–water partition coefficient (Wildman–Crippen LogP) is 5.91. The zero-order chi connectivity index (χ0) is 29.0. The number of rotatable bonds is 10. The van der Waals surface area contributed by atoms with Crippen LogP contribution in [0.2, 0.25) is 0 Å². The Morgan fingerprint density at radius 3 is 2.52 bits per heavy atom. The second kappa shape index (κ2) is 12.0. The average Bonchev–Trinajstić information content (AvgIpc) is 3.32. The largest absolute Gasteiger partial charge is 0.378 e. The van der Waals surface area contributed by atoms with Gasteiger partial charge in [0.15, 0.2) is 5.65 Å². The molecule has 1 N–H and O–H groups in total. The number of halogens is 1. The molecule has 0 saturated carbocycles. The van der Waals surface area contributed by atoms with Crippen LogP contribution in [0, 0.1) is 0 Å². The lowest BCUT2D eigenvalue weighted by molar-refractivity contribution is 0.0977. The van der Waals surface area contributed by atoms with Crippen LogP contribution in [0.1, 0.15) is 42.4 Å². The maximum atomic E-state index is 13.2. The first-order valence-corrected chi connectivity index (χ1v) is 14.7. The van der Waals surface area contributed by atoms with Gasteiger partial charge in [-0.2, -0.15) is 5.10 Å². The first-order valence-electron chi connectivity index (χ1n) is 12.5. The Balaban J connectivity index is 2.00. The van der Waals surface area contributed by atoms with Gasteiger partial charge in [0.25, 0.3) is 5.91 Å². The number of pyridine rings is 1. The molecule has 11 nitrogen and oxygen atoms in total. The van der Waals surface area contributed by atoms with Crippen molar-refractivity contribution in [2.45, 2.75) is 26.2 Å². The Labute approximate surface area is 237 Å². The van der Waals surface area contributed by atoms with Crippen molar-refractivity contribution in [3.8, 4) is 16.8 Å². The monoisotopic (exact) mass is 580 g/mol. The van der Waals surface area contributed by atoms with Crippen molar-refractivity contribution in [3.05, 3.63) is 76.4 Å². The average molecular weight is 581 g/mol. The minimum absolute atomic E-state index is 0.000555. The topological polar surface area (TPSA) is 146 Å². The fourth-order valence-corrected chi connectivity index (χ4v) is 5.53. The third-order valence-electron chi connectivity index (χ3n) is 6.17. The molecule has 13 heteroatoms. The van der Waals surface area contributed by atoms with Gasteiger partial charge in [0, 0.05) is 36.3 Å². The SMILES string of the molecule is CC(C)c1nn(-c2cccc(N(C)C)c2)c2nc(C(=O)NS(=O)(=O)CCCCl)cc(-c3ccc(N=[N+]=[N-])cc3)c12. The summed E-state index contributed by atoms with van der Waals surface area (Å²) in [5.74, 6) is -0.993. The molecule has 0 aliphatic rings. The lowest BCUT2D eigenvalue weighted by atomic mass is 9.97. The number of nitrogens with one attached hydrogen (secondary N) is 1. The number of nitrogens with zero attached hydrogens (tertiary/aromatic N) is 7. The van der Waals surface area contributed by atoms with Crippen molar-refractivity contribution in [2.75, 3.05) is 30.6 Å². The Bertz CT molecular complexity index is 1710. The van der Waals surface area contributed by atoms with Crippen LogP contribution in [0.3, 0.4) is 0 Å². The highest BCUT2D eigenvalue weighted by atomic mass is 35.5. The number of aromatic nitrogens is 3. The van der Waals surface area contributed by atoms with E-state index in [0.717, 1.165) is 22.5 Å². The number of hydrogen-bond acceptors (Lipinski definition) is 7. The summed E-state index contributed by atoms with van der Waals surface area (Å²) >= 11 is 5.65. The summed E-state index contributed by atoms with van der Waals surface area (Å²) in [5.41, 5.74) is 13.3. The van der Waals surface area contributed by atoms with Gasteiger partial charge >= 0.3 is 0 Å². The summed E-state index contributed by atoms with van der Waals surface area (Å²) in [6.45, 7) is 4.03. The van der Waals surface area contributed by atoms with E-state index in [-0.39, 0.29) is 29.7 Å². The molecule has 2 heterocycles. The summed E-state index contributed by atoms with van der Waals surface area (Å²) < 4.78 is 28.8. The number of fused-ring (bicyclic) bond motifs is 1. The summed E-state index contributed by atoms with van der Waals surface area (Å²) in [5, 5.41) is 9.27. The summed E-state index contributed by atoms with van der Waals surface area (Å²) in [7, 11) is -0.0502. The van der Waals surface area contributed by atoms with E-state index in [9.17, 15) is 13.2 Å². The number of amides is 1. The number of carbonyl (C=O) groups is 1. The van der Waals surface area contributed by atoms with Crippen LogP contribution in [0.4, 0.5) is 11.4 Å². The van der Waals surface area contributed by atoms with Gasteiger partial charge in [-0.3, -0.25) is 4.79 Å². The molecule has 0 aliphatic carbocycles. The molecule has 208 valence electrons. The molecule has 0 fully saturated rings. The number of anilines is 1. The lowest BCUT2D eigenvalue weighted by Gasteiger charge is -2.14. The molecule has 0 radical (unpaired) electrons. The molecule has 4 rings (SSSR count). The van der Waals surface area contributed by atoms with Gasteiger partial charge in [-0.25, -0.2) is 22.8 Å². The smallest absolute Gasteiger partial charge is 0.283 e. The van der Waals surface area contributed by atoms with Crippen molar-refractivity contribution in [2.24, 2.45) is 5.11 Å². The number of benzene rings is 2. The summed E-state index contributed by atoms with van der Waals surface area (Å²) in [4.78, 5) is 22.7. The Kier molecular flexibility index (Phi) is 8.63. The van der Waals surface area contributed by atoms with E-state index in [4.69, 9.17) is 22.2 Å². The van der Waals surface area contributed by atoms with Gasteiger partial charge in [0.05, 0.1) is 22.5 Å². The van der Waals surface area contributed by atoms with Crippen LogP contribution < -0.4 is 9.62 Å². The zero-order valence-electron chi connectivity index (χ0n) is 22.5. The second-order valence-corrected chi connectivity index (χ2v) is 11.9. The van der Waals surface area contributed by atoms with Crippen molar-refractivity contribution in [1.29, 1.82) is 0 Å². The van der Waals surface area contributed by atoms with Crippen LogP contribution in [0.25, 0.3) is 38.3 Å². The number of hydrogen-bond donors (Lipinski definition) is 1. The molecule has 40 heavy (non-hydrogen) atoms. The molecular formula is C27H29ClN8O3S. The minimum Gasteiger partial charge on any atom is -0.378 e. The minimum atomic E-state index is -3.92. The number of azide groups is 1. The normalized spacial score (nSPS) is 11.4. The van der Waals surface area contributed by atoms with Crippen molar-refractivity contribution < 1.29 is 13.2 Å². The predicted molar refractivity (Wildman–Crippen MR) is 158 cm³/mol. The van der Waals surface area contributed by atoms with Gasteiger partial charge in [0.2, 0.25) is 10.0 Å². The quantitative estimate of drug-likeness (QED) is 0.107. The van der Waals surface area contributed by atoms with E-state index in [1.165, 1.54) is 0 Å². The Morgan fingerprint density at radius 1 is 1.18 bits per heavy atom. The second-order valence-electron chi connectivity index (χ2n) is 9.65. The van der Waals surface area contributed by atoms with E-state index in [2.05, 4.69) is 19.7 Å². The van der Waals surface area contributed by atoms with E-state index in [0.29, 0.717) is 22.5 Å². The van der Waals surface area contributed by atoms with Gasteiger partial charge in [0.1, 0.15) is 5.69 Å². The van der Waals surface area contributed by atoms with E-state index < -0.39 is 15.9 Å². The van der Waals surface area contributed by atoms with Gasteiger partial charge in [-0.05, 0) is 53.3 Å². The van der Waals surface area contributed by atoms with Gasteiger partial charge < -0.3 is 4.90 Å². The highest BCUT2D eigenvalue weighted by molar-refractivity contribution is 7.90. The molecule has 2 aromatic heterocycles. The van der Waals surface area contributed by atoms with Crippen molar-refractivity contribution in [3.63, 3.8) is 0 Å². The molecular weight excluding hydrogens is 552 g/mol. The van der Waals surface area contributed by atoms with Crippen LogP contribution >= 0.6 is 11.6 Å². The third kappa shape index (κ3) is 6.20. The van der Waals surface area contributed by atoms with Crippen LogP contribution in [0.5, 0.6) is 0 Å². The number of sulfonamides is 1. The maximum absolute atomic E-state index is 13.2. The maximum Gasteiger partial charge on any atom is 0.283 e. The Morgan fingerprint density at radius 2 is 1.90 bits per heavy atom. The van der Waals surface area contributed by atoms with Crippen molar-refractivity contribution in [1.82, 2.24) is 19.5 Å². The summed E-state index contributed by atoms with van der Waals surface area (Å²) in [6.07, 6.45) is 0.201. The molecule has 0 unspecified atom stereocenters. The fraction of sp³-hybridized carbons (Fsp3) is 0.296. The van der Waals surface area contributed by atoms with Crippen LogP contribution in [-0.4, -0.2) is 54.8 Å². The third-order valence-corrected chi connectivity index (χ3v) is 7.76. The highest BCUT2D eigenvalue weighted by Gasteiger charge is 2.25. The molecule has 0 atom stereocenters. The molecule has 0 spiro atoms. The first-order chi connectivity index (χ1) is 19.0. The van der Waals surface area contributed by atoms with Gasteiger partial charge in [-0.1, -0.05) is 49.3 Å². The standard InChI is InChI=1S/C27H29ClN8O3S/c1-17(2)25-24-22(18-9-11-19(12-10-18)31-34-29)16-23(27(37)33-40(38,39)14-6-13-28)30-26(24)36(32-25)21-8-5-7-20(15-21)35(3)4/h5,7-12,15-17H,6,13-14H2,1-4H3,(H,33,37). The van der Waals surface area contributed by atoms with Gasteiger partial charge in [-0.15, -0.1) is 11.6 Å². The molecule has 0 bridgehead atoms. The first kappa shape index (κ1) is 28.9. The zero-order valence-corrected chi connectivity index (χ0v) is 24.1. The fourth-order valence-electron chi connectivity index (χ4n) is 4.22. The summed E-state index contributed by atoms with van der Waals surface area (Å²) in [6, 6.07) is 16.1. The van der Waals surface area contributed by atoms with E-state index >= 15 is 0 Å². The van der Waals surface area contributed by atoms with Crippen molar-refractivity contribution >= 4 is 49.9 Å². The van der Waals surface area contributed by atoms with Crippen LogP contribution in [-0.2, 0) is 10.0 Å². The molecule has 0 saturated heterocycles. The van der Waals surface area contributed by atoms with E-state index in [1.54, 1.807) is 35.0 Å². The molecule has 2 aromatic carbocycles. The molecule has 4 aromatic rings. The molecule has 0 aliphatic heterocycles.